The Hall–Kier alpha value is -2.73. The fraction of sp³-hybridized carbons (Fsp3) is 0.286. The summed E-state index contributed by atoms with van der Waals surface area (Å²) in [4.78, 5) is 65.9. The smallest absolute Gasteiger partial charge is 0.387 e. The van der Waals surface area contributed by atoms with Gasteiger partial charge in [-0.25, -0.2) is 22.9 Å². The molecule has 234 valence electrons. The van der Waals surface area contributed by atoms with Gasteiger partial charge in [0, 0.05) is 24.0 Å². The molecule has 3 heterocycles. The third kappa shape index (κ3) is 8.26. The van der Waals surface area contributed by atoms with Gasteiger partial charge in [-0.05, 0) is 23.8 Å². The van der Waals surface area contributed by atoms with E-state index in [0.29, 0.717) is 5.56 Å². The van der Waals surface area contributed by atoms with E-state index < -0.39 is 71.7 Å². The molecule has 1 aliphatic rings. The Balaban J connectivity index is 1.51. The minimum atomic E-state index is -5.81. The number of hydrogen-bond donors (Lipinski definition) is 6. The van der Waals surface area contributed by atoms with Gasteiger partial charge in [0.05, 0.1) is 18.8 Å². The van der Waals surface area contributed by atoms with E-state index in [9.17, 15) is 47.7 Å². The molecule has 0 spiro atoms. The number of phosphoric ester groups is 1. The molecule has 1 aliphatic heterocycles. The highest BCUT2D eigenvalue weighted by molar-refractivity contribution is 7.66. The Morgan fingerprint density at radius 2 is 1.65 bits per heavy atom. The highest BCUT2D eigenvalue weighted by Crippen LogP contribution is 2.66. The Bertz CT molecular complexity index is 1760. The van der Waals surface area contributed by atoms with Crippen molar-refractivity contribution in [1.82, 2.24) is 14.1 Å². The predicted octanol–water partition coefficient (Wildman–Crippen LogP) is 0.222. The molecular formula is C21H23FN3O15P3. The molecule has 3 unspecified atom stereocenters. The Morgan fingerprint density at radius 1 is 0.953 bits per heavy atom. The van der Waals surface area contributed by atoms with Crippen LogP contribution in [-0.4, -0.2) is 68.8 Å². The van der Waals surface area contributed by atoms with Crippen molar-refractivity contribution in [2.75, 3.05) is 6.61 Å². The predicted molar refractivity (Wildman–Crippen MR) is 139 cm³/mol. The Labute approximate surface area is 239 Å². The summed E-state index contributed by atoms with van der Waals surface area (Å²) in [6.45, 7) is -1.50. The van der Waals surface area contributed by atoms with Crippen LogP contribution in [0.2, 0.25) is 0 Å². The van der Waals surface area contributed by atoms with Gasteiger partial charge in [0.15, 0.2) is 6.23 Å². The van der Waals surface area contributed by atoms with Crippen LogP contribution in [0.3, 0.4) is 0 Å². The second kappa shape index (κ2) is 12.7. The summed E-state index contributed by atoms with van der Waals surface area (Å²) in [5.74, 6) is -0.507. The lowest BCUT2D eigenvalue weighted by Gasteiger charge is -2.19. The maximum atomic E-state index is 14.2. The monoisotopic (exact) mass is 669 g/mol. The first kappa shape index (κ1) is 33.2. The lowest BCUT2D eigenvalue weighted by Crippen LogP contribution is -2.43. The van der Waals surface area contributed by atoms with Crippen LogP contribution in [0.15, 0.2) is 64.4 Å². The molecule has 18 nitrogen and oxygen atoms in total. The molecule has 2 aromatic heterocycles. The number of aliphatic hydroxyl groups excluding tert-OH is 2. The third-order valence-electron chi connectivity index (χ3n) is 5.85. The second-order valence-corrected chi connectivity index (χ2v) is 13.3. The van der Waals surface area contributed by atoms with Crippen molar-refractivity contribution >= 4 is 23.5 Å². The molecule has 0 aliphatic carbocycles. The Morgan fingerprint density at radius 3 is 2.33 bits per heavy atom. The molecule has 1 aromatic carbocycles. The van der Waals surface area contributed by atoms with Crippen molar-refractivity contribution in [2.24, 2.45) is 0 Å². The zero-order valence-electron chi connectivity index (χ0n) is 21.3. The van der Waals surface area contributed by atoms with Crippen LogP contribution in [0.25, 0.3) is 11.1 Å². The summed E-state index contributed by atoms with van der Waals surface area (Å²) in [5.41, 5.74) is -0.946. The topological polar surface area (TPSA) is 266 Å². The average Bonchev–Trinajstić information content (AvgIpc) is 3.17. The standard InChI is InChI=1S/C21H23FN3O15P3/c22-15-4-2-1-3-14(15)12-5-7-23-13(9-12)10-25-17(26)6-8-24(21(25)29)20-19(28)18(27)16(38-20)11-37-42(33,34)40-43(35,36)39-41(30,31)32/h1-9,16,18-20,27-28H,10-11H2,(H,33,34)(H,35,36)(H2,30,31,32)/t16-,18?,19+,20-/m1/s1. The van der Waals surface area contributed by atoms with Crippen molar-refractivity contribution in [3.8, 4) is 11.1 Å². The number of aromatic nitrogens is 3. The van der Waals surface area contributed by atoms with Gasteiger partial charge in [0.2, 0.25) is 0 Å². The van der Waals surface area contributed by atoms with Crippen molar-refractivity contribution < 1.29 is 65.8 Å². The molecule has 0 amide bonds. The van der Waals surface area contributed by atoms with Gasteiger partial charge >= 0.3 is 29.2 Å². The molecule has 6 N–H and O–H groups in total. The lowest BCUT2D eigenvalue weighted by molar-refractivity contribution is -0.0547. The van der Waals surface area contributed by atoms with Crippen LogP contribution in [0, 0.1) is 5.82 Å². The molecule has 0 radical (unpaired) electrons. The number of nitrogens with zero attached hydrogens (tertiary/aromatic N) is 3. The summed E-state index contributed by atoms with van der Waals surface area (Å²) in [6.07, 6.45) is -4.80. The van der Waals surface area contributed by atoms with Gasteiger partial charge < -0.3 is 34.5 Å². The minimum Gasteiger partial charge on any atom is -0.387 e. The van der Waals surface area contributed by atoms with Crippen molar-refractivity contribution in [1.29, 1.82) is 0 Å². The largest absolute Gasteiger partial charge is 0.490 e. The van der Waals surface area contributed by atoms with Crippen molar-refractivity contribution in [2.45, 2.75) is 31.1 Å². The number of phosphoric acid groups is 3. The number of rotatable bonds is 11. The molecular weight excluding hydrogens is 646 g/mol. The molecule has 1 saturated heterocycles. The molecule has 43 heavy (non-hydrogen) atoms. The van der Waals surface area contributed by atoms with Crippen LogP contribution in [-0.2, 0) is 38.1 Å². The quantitative estimate of drug-likeness (QED) is 0.149. The summed E-state index contributed by atoms with van der Waals surface area (Å²) < 4.78 is 66.9. The number of hydrogen-bond acceptors (Lipinski definition) is 12. The fourth-order valence-electron chi connectivity index (χ4n) is 4.03. The number of halogens is 1. The third-order valence-corrected chi connectivity index (χ3v) is 9.65. The molecule has 0 saturated carbocycles. The van der Waals surface area contributed by atoms with Crippen LogP contribution in [0.4, 0.5) is 4.39 Å². The van der Waals surface area contributed by atoms with Gasteiger partial charge in [0.25, 0.3) is 5.56 Å². The van der Waals surface area contributed by atoms with Gasteiger partial charge in [-0.15, -0.1) is 0 Å². The van der Waals surface area contributed by atoms with E-state index >= 15 is 0 Å². The highest BCUT2D eigenvalue weighted by atomic mass is 31.3. The van der Waals surface area contributed by atoms with E-state index in [2.05, 4.69) is 18.1 Å². The van der Waals surface area contributed by atoms with Crippen LogP contribution in [0.5, 0.6) is 0 Å². The van der Waals surface area contributed by atoms with E-state index in [4.69, 9.17) is 14.5 Å². The summed E-state index contributed by atoms with van der Waals surface area (Å²) in [6, 6.07) is 9.86. The second-order valence-electron chi connectivity index (χ2n) is 8.88. The number of pyridine rings is 1. The first-order valence-corrected chi connectivity index (χ1v) is 16.3. The highest BCUT2D eigenvalue weighted by Gasteiger charge is 2.47. The van der Waals surface area contributed by atoms with E-state index in [1.165, 1.54) is 36.5 Å². The van der Waals surface area contributed by atoms with Crippen LogP contribution in [0.1, 0.15) is 11.9 Å². The van der Waals surface area contributed by atoms with E-state index in [-0.39, 0.29) is 17.8 Å². The Kier molecular flexibility index (Phi) is 9.80. The molecule has 0 bridgehead atoms. The maximum absolute atomic E-state index is 14.2. The van der Waals surface area contributed by atoms with Gasteiger partial charge in [-0.2, -0.15) is 8.62 Å². The first-order chi connectivity index (χ1) is 20.0. The number of aliphatic hydroxyl groups is 2. The average molecular weight is 669 g/mol. The summed E-state index contributed by atoms with van der Waals surface area (Å²) in [5, 5.41) is 20.9. The zero-order chi connectivity index (χ0) is 31.7. The van der Waals surface area contributed by atoms with Crippen molar-refractivity contribution in [3.63, 3.8) is 0 Å². The lowest BCUT2D eigenvalue weighted by atomic mass is 10.1. The van der Waals surface area contributed by atoms with Crippen LogP contribution >= 0.6 is 23.5 Å². The minimum absolute atomic E-state index is 0.194. The fourth-order valence-corrected chi connectivity index (χ4v) is 7.06. The van der Waals surface area contributed by atoms with Gasteiger partial charge in [-0.1, -0.05) is 18.2 Å². The van der Waals surface area contributed by atoms with Crippen molar-refractivity contribution in [3.05, 3.63) is 87.2 Å². The maximum Gasteiger partial charge on any atom is 0.490 e. The molecule has 6 atom stereocenters. The molecule has 1 fully saturated rings. The number of ether oxygens (including phenoxy) is 1. The normalized spacial score (nSPS) is 23.5. The van der Waals surface area contributed by atoms with E-state index in [1.54, 1.807) is 6.07 Å². The summed E-state index contributed by atoms with van der Waals surface area (Å²) in [7, 11) is -17.0. The summed E-state index contributed by atoms with van der Waals surface area (Å²) >= 11 is 0. The van der Waals surface area contributed by atoms with Gasteiger partial charge in [-0.3, -0.25) is 23.4 Å². The molecule has 3 aromatic rings. The number of benzene rings is 1. The van der Waals surface area contributed by atoms with E-state index in [0.717, 1.165) is 21.4 Å². The first-order valence-electron chi connectivity index (χ1n) is 11.8. The van der Waals surface area contributed by atoms with Crippen LogP contribution < -0.4 is 11.2 Å². The van der Waals surface area contributed by atoms with Gasteiger partial charge in [0.1, 0.15) is 24.1 Å². The van der Waals surface area contributed by atoms with E-state index in [1.807, 2.05) is 0 Å². The zero-order valence-corrected chi connectivity index (χ0v) is 24.0. The SMILES string of the molecule is O=c1ccn([C@@H]2O[C@H](COP(=O)(O)OP(=O)(O)OP(=O)(O)O)C(O)[C@@H]2O)c(=O)n1Cc1cc(-c2ccccc2F)ccn1. The molecule has 22 heteroatoms. The molecule has 4 rings (SSSR count).